The summed E-state index contributed by atoms with van der Waals surface area (Å²) in [5, 5.41) is 9.64. The monoisotopic (exact) mass is 791 g/mol. The highest BCUT2D eigenvalue weighted by atomic mass is 16.6. The number of esters is 1. The lowest BCUT2D eigenvalue weighted by Crippen LogP contribution is -2.27. The van der Waals surface area contributed by atoms with Crippen LogP contribution in [0.5, 0.6) is 0 Å². The van der Waals surface area contributed by atoms with E-state index in [0.29, 0.717) is 13.0 Å². The summed E-state index contributed by atoms with van der Waals surface area (Å²) in [4.78, 5) is 12.3. The minimum atomic E-state index is -0.551. The molecule has 0 fully saturated rings. The number of aliphatic hydroxyl groups excluding tert-OH is 1. The van der Waals surface area contributed by atoms with Crippen LogP contribution in [0.1, 0.15) is 206 Å². The Bertz CT molecular complexity index is 1060. The van der Waals surface area contributed by atoms with Crippen LogP contribution in [0.2, 0.25) is 0 Å². The molecule has 0 rings (SSSR count). The number of hydrogen-bond donors (Lipinski definition) is 1. The van der Waals surface area contributed by atoms with Crippen LogP contribution in [-0.2, 0) is 14.3 Å². The molecule has 0 saturated heterocycles. The maximum absolute atomic E-state index is 12.3. The van der Waals surface area contributed by atoms with Crippen LogP contribution in [0.15, 0.2) is 97.2 Å². The van der Waals surface area contributed by atoms with E-state index >= 15 is 0 Å². The summed E-state index contributed by atoms with van der Waals surface area (Å²) in [5.74, 6) is -0.219. The van der Waals surface area contributed by atoms with Crippen molar-refractivity contribution in [1.82, 2.24) is 0 Å². The number of carbonyl (C=O) groups is 1. The summed E-state index contributed by atoms with van der Waals surface area (Å²) in [7, 11) is 0. The molecule has 57 heavy (non-hydrogen) atoms. The second kappa shape index (κ2) is 49.5. The normalized spacial score (nSPS) is 13.2. The molecule has 0 aliphatic carbocycles. The smallest absolute Gasteiger partial charge is 0.306 e. The first kappa shape index (κ1) is 54.3. The molecule has 326 valence electrons. The number of unbranched alkanes of at least 4 members (excludes halogenated alkanes) is 19. The highest BCUT2D eigenvalue weighted by Crippen LogP contribution is 2.13. The minimum absolute atomic E-state index is 0.184. The third kappa shape index (κ3) is 47.6. The molecule has 1 N–H and O–H groups in total. The van der Waals surface area contributed by atoms with Gasteiger partial charge in [0.25, 0.3) is 0 Å². The number of rotatable bonds is 43. The first-order valence-corrected chi connectivity index (χ1v) is 23.8. The Labute approximate surface area is 353 Å². The van der Waals surface area contributed by atoms with Crippen molar-refractivity contribution < 1.29 is 19.4 Å². The number of hydrogen-bond acceptors (Lipinski definition) is 4. The predicted molar refractivity (Wildman–Crippen MR) is 251 cm³/mol. The molecule has 0 amide bonds. The molecule has 0 saturated carbocycles. The Kier molecular flexibility index (Phi) is 47.1. The molecule has 0 aliphatic rings. The van der Waals surface area contributed by atoms with Gasteiger partial charge in [0.15, 0.2) is 0 Å². The van der Waals surface area contributed by atoms with Gasteiger partial charge < -0.3 is 14.6 Å². The largest absolute Gasteiger partial charge is 0.457 e. The maximum Gasteiger partial charge on any atom is 0.306 e. The van der Waals surface area contributed by atoms with Gasteiger partial charge in [0.05, 0.1) is 13.2 Å². The fraction of sp³-hybridized carbons (Fsp3) is 0.679. The van der Waals surface area contributed by atoms with E-state index in [2.05, 4.69) is 111 Å². The van der Waals surface area contributed by atoms with Crippen molar-refractivity contribution >= 4 is 5.97 Å². The quantitative estimate of drug-likeness (QED) is 0.0380. The first-order chi connectivity index (χ1) is 28.2. The lowest BCUT2D eigenvalue weighted by atomic mass is 10.1. The van der Waals surface area contributed by atoms with Gasteiger partial charge in [-0.05, 0) is 96.3 Å². The zero-order valence-electron chi connectivity index (χ0n) is 37.3. The average molecular weight is 791 g/mol. The second-order valence-corrected chi connectivity index (χ2v) is 15.4. The molecule has 0 aromatic heterocycles. The van der Waals surface area contributed by atoms with Crippen molar-refractivity contribution in [3.63, 3.8) is 0 Å². The van der Waals surface area contributed by atoms with Crippen molar-refractivity contribution in [2.24, 2.45) is 0 Å². The molecule has 0 spiro atoms. The standard InChI is InChI=1S/C53H90O4/c1-3-5-7-9-11-13-15-17-19-21-23-25-26-27-28-29-30-32-34-36-38-40-42-44-46-48-53(55)57-52(50-54)51-56-49-47-45-43-41-39-37-35-33-31-24-22-20-18-16-14-12-10-8-6-4-2/h5,7,11-14,17-20,23,25,27-28,30,32,52,54H,3-4,6,8-10,15-16,21-22,24,26,29,31,33-51H2,1-2H3/b7-5-,13-11-,14-12-,19-17-,20-18-,25-23-,28-27-,32-30-. The van der Waals surface area contributed by atoms with E-state index in [4.69, 9.17) is 9.47 Å². The fourth-order valence-electron chi connectivity index (χ4n) is 6.36. The molecule has 0 aliphatic heterocycles. The van der Waals surface area contributed by atoms with Gasteiger partial charge in [-0.1, -0.05) is 201 Å². The van der Waals surface area contributed by atoms with E-state index in [1.54, 1.807) is 0 Å². The van der Waals surface area contributed by atoms with Gasteiger partial charge in [0.1, 0.15) is 6.10 Å². The third-order valence-corrected chi connectivity index (χ3v) is 9.89. The zero-order chi connectivity index (χ0) is 41.2. The number of aliphatic hydroxyl groups is 1. The molecule has 0 heterocycles. The highest BCUT2D eigenvalue weighted by Gasteiger charge is 2.13. The summed E-state index contributed by atoms with van der Waals surface area (Å²) in [5.41, 5.74) is 0. The summed E-state index contributed by atoms with van der Waals surface area (Å²) in [6.07, 6.45) is 70.5. The van der Waals surface area contributed by atoms with Gasteiger partial charge in [-0.15, -0.1) is 0 Å². The van der Waals surface area contributed by atoms with E-state index in [9.17, 15) is 9.90 Å². The third-order valence-electron chi connectivity index (χ3n) is 9.89. The lowest BCUT2D eigenvalue weighted by molar-refractivity contribution is -0.154. The van der Waals surface area contributed by atoms with Gasteiger partial charge in [0.2, 0.25) is 0 Å². The molecule has 0 bridgehead atoms. The second-order valence-electron chi connectivity index (χ2n) is 15.4. The van der Waals surface area contributed by atoms with Crippen molar-refractivity contribution in [2.45, 2.75) is 213 Å². The van der Waals surface area contributed by atoms with E-state index in [0.717, 1.165) is 77.0 Å². The number of carbonyl (C=O) groups excluding carboxylic acids is 1. The summed E-state index contributed by atoms with van der Waals surface area (Å²) in [6.45, 7) is 5.18. The fourth-order valence-corrected chi connectivity index (χ4v) is 6.36. The molecule has 1 atom stereocenters. The van der Waals surface area contributed by atoms with E-state index in [1.165, 1.54) is 109 Å². The van der Waals surface area contributed by atoms with Crippen LogP contribution >= 0.6 is 0 Å². The topological polar surface area (TPSA) is 55.8 Å². The van der Waals surface area contributed by atoms with Crippen LogP contribution < -0.4 is 0 Å². The van der Waals surface area contributed by atoms with Gasteiger partial charge in [0, 0.05) is 13.0 Å². The Morgan fingerprint density at radius 2 is 0.789 bits per heavy atom. The van der Waals surface area contributed by atoms with Crippen molar-refractivity contribution in [1.29, 1.82) is 0 Å². The van der Waals surface area contributed by atoms with Crippen LogP contribution in [0.3, 0.4) is 0 Å². The van der Waals surface area contributed by atoms with E-state index in [-0.39, 0.29) is 19.2 Å². The van der Waals surface area contributed by atoms with Crippen LogP contribution in [0, 0.1) is 0 Å². The lowest BCUT2D eigenvalue weighted by Gasteiger charge is -2.15. The molecular formula is C53H90O4. The number of ether oxygens (including phenoxy) is 2. The average Bonchev–Trinajstić information content (AvgIpc) is 3.22. The Morgan fingerprint density at radius 1 is 0.439 bits per heavy atom. The van der Waals surface area contributed by atoms with Gasteiger partial charge in [-0.25, -0.2) is 0 Å². The summed E-state index contributed by atoms with van der Waals surface area (Å²) in [6, 6.07) is 0. The van der Waals surface area contributed by atoms with Crippen molar-refractivity contribution in [3.8, 4) is 0 Å². The molecule has 4 heteroatoms. The van der Waals surface area contributed by atoms with Crippen LogP contribution in [0.4, 0.5) is 0 Å². The Morgan fingerprint density at radius 3 is 1.19 bits per heavy atom. The van der Waals surface area contributed by atoms with E-state index in [1.807, 2.05) is 0 Å². The molecule has 0 aromatic rings. The maximum atomic E-state index is 12.3. The minimum Gasteiger partial charge on any atom is -0.457 e. The predicted octanol–water partition coefficient (Wildman–Crippen LogP) is 16.1. The zero-order valence-corrected chi connectivity index (χ0v) is 37.3. The Balaban J connectivity index is 3.51. The molecular weight excluding hydrogens is 701 g/mol. The molecule has 0 aromatic carbocycles. The summed E-state index contributed by atoms with van der Waals surface area (Å²) < 4.78 is 11.2. The van der Waals surface area contributed by atoms with Gasteiger partial charge in [-0.2, -0.15) is 0 Å². The molecule has 1 unspecified atom stereocenters. The Hall–Kier alpha value is -2.69. The summed E-state index contributed by atoms with van der Waals surface area (Å²) >= 11 is 0. The van der Waals surface area contributed by atoms with Crippen LogP contribution in [0.25, 0.3) is 0 Å². The molecule has 4 nitrogen and oxygen atoms in total. The van der Waals surface area contributed by atoms with Gasteiger partial charge in [-0.3, -0.25) is 4.79 Å². The van der Waals surface area contributed by atoms with Crippen molar-refractivity contribution in [3.05, 3.63) is 97.2 Å². The van der Waals surface area contributed by atoms with Gasteiger partial charge >= 0.3 is 5.97 Å². The highest BCUT2D eigenvalue weighted by molar-refractivity contribution is 5.69. The SMILES string of the molecule is CC/C=C\C/C=C\C/C=C\C/C=C\C/C=C\C/C=C\CCCCCCCCC(=O)OC(CO)COCCCCCCCCCCCC/C=C\C/C=C\CCCCC. The van der Waals surface area contributed by atoms with Crippen LogP contribution in [-0.4, -0.2) is 37.0 Å². The first-order valence-electron chi connectivity index (χ1n) is 23.8. The molecule has 0 radical (unpaired) electrons. The van der Waals surface area contributed by atoms with Crippen molar-refractivity contribution in [2.75, 3.05) is 19.8 Å². The number of allylic oxidation sites excluding steroid dienone is 16. The van der Waals surface area contributed by atoms with E-state index < -0.39 is 6.10 Å².